The van der Waals surface area contributed by atoms with Crippen molar-refractivity contribution in [2.24, 2.45) is 10.9 Å². The Morgan fingerprint density at radius 1 is 1.20 bits per heavy atom. The predicted molar refractivity (Wildman–Crippen MR) is 71.3 cm³/mol. The zero-order valence-electron chi connectivity index (χ0n) is 11.3. The molecule has 1 aromatic carbocycles. The zero-order chi connectivity index (χ0) is 14.8. The standard InChI is InChI=1S/C13H19FN2O4/c1-18-2-3-19-4-5-20-9-10-6-11(13(15)16-17)8-12(14)7-10/h6-8,17H,2-5,9H2,1H3,(H2,15,16). The molecule has 0 aliphatic rings. The Morgan fingerprint density at radius 2 is 1.90 bits per heavy atom. The summed E-state index contributed by atoms with van der Waals surface area (Å²) < 4.78 is 28.7. The Morgan fingerprint density at radius 3 is 2.60 bits per heavy atom. The van der Waals surface area contributed by atoms with Gasteiger partial charge in [0.15, 0.2) is 5.84 Å². The highest BCUT2D eigenvalue weighted by atomic mass is 19.1. The Kier molecular flexibility index (Phi) is 7.56. The van der Waals surface area contributed by atoms with Crippen LogP contribution in [0.4, 0.5) is 4.39 Å². The van der Waals surface area contributed by atoms with Crippen molar-refractivity contribution in [2.45, 2.75) is 6.61 Å². The predicted octanol–water partition coefficient (Wildman–Crippen LogP) is 1.10. The largest absolute Gasteiger partial charge is 0.409 e. The molecule has 6 nitrogen and oxygen atoms in total. The first-order chi connectivity index (χ1) is 9.67. The summed E-state index contributed by atoms with van der Waals surface area (Å²) in [4.78, 5) is 0. The number of nitrogens with zero attached hydrogens (tertiary/aromatic N) is 1. The van der Waals surface area contributed by atoms with Crippen molar-refractivity contribution in [2.75, 3.05) is 33.5 Å². The van der Waals surface area contributed by atoms with Crippen LogP contribution >= 0.6 is 0 Å². The van der Waals surface area contributed by atoms with E-state index in [0.29, 0.717) is 37.6 Å². The van der Waals surface area contributed by atoms with E-state index in [1.807, 2.05) is 0 Å². The molecule has 0 saturated carbocycles. The maximum atomic E-state index is 13.4. The van der Waals surface area contributed by atoms with Crippen LogP contribution in [0.3, 0.4) is 0 Å². The first kappa shape index (κ1) is 16.4. The molecule has 3 N–H and O–H groups in total. The molecule has 1 rings (SSSR count). The van der Waals surface area contributed by atoms with Crippen LogP contribution in [0.5, 0.6) is 0 Å². The van der Waals surface area contributed by atoms with Crippen LogP contribution in [0.15, 0.2) is 23.4 Å². The molecule has 0 aliphatic carbocycles. The molecule has 0 amide bonds. The molecule has 1 aromatic rings. The Balaban J connectivity index is 2.38. The minimum Gasteiger partial charge on any atom is -0.409 e. The number of amidine groups is 1. The van der Waals surface area contributed by atoms with E-state index in [1.54, 1.807) is 13.2 Å². The van der Waals surface area contributed by atoms with E-state index in [4.69, 9.17) is 25.2 Å². The van der Waals surface area contributed by atoms with Gasteiger partial charge < -0.3 is 25.2 Å². The summed E-state index contributed by atoms with van der Waals surface area (Å²) in [5, 5.41) is 11.4. The maximum absolute atomic E-state index is 13.4. The SMILES string of the molecule is COCCOCCOCc1cc(F)cc(/C(N)=N/O)c1. The summed E-state index contributed by atoms with van der Waals surface area (Å²) in [5.41, 5.74) is 6.32. The topological polar surface area (TPSA) is 86.3 Å². The fourth-order valence-corrected chi connectivity index (χ4v) is 1.49. The van der Waals surface area contributed by atoms with E-state index in [0.717, 1.165) is 0 Å². The Hall–Kier alpha value is -1.70. The third-order valence-electron chi connectivity index (χ3n) is 2.43. The highest BCUT2D eigenvalue weighted by molar-refractivity contribution is 5.97. The summed E-state index contributed by atoms with van der Waals surface area (Å²) in [6.45, 7) is 2.09. The van der Waals surface area contributed by atoms with Gasteiger partial charge in [-0.05, 0) is 23.8 Å². The first-order valence-corrected chi connectivity index (χ1v) is 6.09. The second-order valence-corrected chi connectivity index (χ2v) is 3.99. The number of hydrogen-bond donors (Lipinski definition) is 2. The molecule has 0 bridgehead atoms. The molecule has 0 unspecified atom stereocenters. The lowest BCUT2D eigenvalue weighted by Gasteiger charge is -2.07. The van der Waals surface area contributed by atoms with E-state index in [-0.39, 0.29) is 12.4 Å². The number of rotatable bonds is 9. The van der Waals surface area contributed by atoms with Crippen molar-refractivity contribution < 1.29 is 23.8 Å². The lowest BCUT2D eigenvalue weighted by atomic mass is 10.1. The van der Waals surface area contributed by atoms with Gasteiger partial charge in [0.25, 0.3) is 0 Å². The molecule has 0 atom stereocenters. The molecular weight excluding hydrogens is 267 g/mol. The first-order valence-electron chi connectivity index (χ1n) is 6.09. The number of methoxy groups -OCH3 is 1. The van der Waals surface area contributed by atoms with Crippen LogP contribution in [0.2, 0.25) is 0 Å². The molecular formula is C13H19FN2O4. The van der Waals surface area contributed by atoms with Crippen LogP contribution in [0, 0.1) is 5.82 Å². The number of halogens is 1. The molecule has 7 heteroatoms. The van der Waals surface area contributed by atoms with Crippen molar-refractivity contribution in [1.82, 2.24) is 0 Å². The number of oxime groups is 1. The number of benzene rings is 1. The molecule has 0 radical (unpaired) electrons. The smallest absolute Gasteiger partial charge is 0.170 e. The fraction of sp³-hybridized carbons (Fsp3) is 0.462. The molecule has 0 heterocycles. The van der Waals surface area contributed by atoms with E-state index in [9.17, 15) is 4.39 Å². The lowest BCUT2D eigenvalue weighted by Crippen LogP contribution is -2.14. The molecule has 0 spiro atoms. The van der Waals surface area contributed by atoms with Crippen molar-refractivity contribution in [3.63, 3.8) is 0 Å². The van der Waals surface area contributed by atoms with E-state index >= 15 is 0 Å². The molecule has 20 heavy (non-hydrogen) atoms. The van der Waals surface area contributed by atoms with Gasteiger partial charge in [-0.15, -0.1) is 0 Å². The third-order valence-corrected chi connectivity index (χ3v) is 2.43. The summed E-state index contributed by atoms with van der Waals surface area (Å²) in [6, 6.07) is 4.12. The van der Waals surface area contributed by atoms with Gasteiger partial charge in [-0.3, -0.25) is 0 Å². The second-order valence-electron chi connectivity index (χ2n) is 3.99. The van der Waals surface area contributed by atoms with Gasteiger partial charge in [0.2, 0.25) is 0 Å². The van der Waals surface area contributed by atoms with Crippen molar-refractivity contribution in [3.8, 4) is 0 Å². The van der Waals surface area contributed by atoms with Gasteiger partial charge in [0.1, 0.15) is 5.82 Å². The van der Waals surface area contributed by atoms with Gasteiger partial charge in [0.05, 0.1) is 33.0 Å². The van der Waals surface area contributed by atoms with Gasteiger partial charge in [-0.25, -0.2) is 4.39 Å². The van der Waals surface area contributed by atoms with Crippen LogP contribution in [-0.4, -0.2) is 44.6 Å². The molecule has 0 fully saturated rings. The quantitative estimate of drug-likeness (QED) is 0.233. The number of ether oxygens (including phenoxy) is 3. The zero-order valence-corrected chi connectivity index (χ0v) is 11.3. The van der Waals surface area contributed by atoms with Gasteiger partial charge >= 0.3 is 0 Å². The maximum Gasteiger partial charge on any atom is 0.170 e. The monoisotopic (exact) mass is 286 g/mol. The van der Waals surface area contributed by atoms with Crippen LogP contribution in [0.25, 0.3) is 0 Å². The van der Waals surface area contributed by atoms with Crippen LogP contribution in [-0.2, 0) is 20.8 Å². The number of hydrogen-bond acceptors (Lipinski definition) is 5. The summed E-state index contributed by atoms with van der Waals surface area (Å²) in [7, 11) is 1.60. The molecule has 0 aromatic heterocycles. The van der Waals surface area contributed by atoms with Crippen LogP contribution < -0.4 is 5.73 Å². The summed E-state index contributed by atoms with van der Waals surface area (Å²) in [5.74, 6) is -0.613. The fourth-order valence-electron chi connectivity index (χ4n) is 1.49. The van der Waals surface area contributed by atoms with Gasteiger partial charge in [-0.1, -0.05) is 5.16 Å². The summed E-state index contributed by atoms with van der Waals surface area (Å²) in [6.07, 6.45) is 0. The average molecular weight is 286 g/mol. The van der Waals surface area contributed by atoms with Gasteiger partial charge in [0, 0.05) is 12.7 Å². The molecule has 112 valence electrons. The third kappa shape index (κ3) is 5.96. The highest BCUT2D eigenvalue weighted by Crippen LogP contribution is 2.10. The van der Waals surface area contributed by atoms with E-state index in [2.05, 4.69) is 5.16 Å². The minimum atomic E-state index is -0.468. The highest BCUT2D eigenvalue weighted by Gasteiger charge is 2.05. The van der Waals surface area contributed by atoms with Gasteiger partial charge in [-0.2, -0.15) is 0 Å². The second kappa shape index (κ2) is 9.24. The van der Waals surface area contributed by atoms with E-state index < -0.39 is 5.82 Å². The lowest BCUT2D eigenvalue weighted by molar-refractivity contribution is 0.0199. The Bertz CT molecular complexity index is 440. The normalized spacial score (nSPS) is 11.8. The average Bonchev–Trinajstić information content (AvgIpc) is 2.45. The van der Waals surface area contributed by atoms with E-state index in [1.165, 1.54) is 12.1 Å². The van der Waals surface area contributed by atoms with Crippen molar-refractivity contribution in [1.29, 1.82) is 0 Å². The van der Waals surface area contributed by atoms with Crippen molar-refractivity contribution >= 4 is 5.84 Å². The Labute approximate surface area is 116 Å². The summed E-state index contributed by atoms with van der Waals surface area (Å²) >= 11 is 0. The number of nitrogens with two attached hydrogens (primary N) is 1. The van der Waals surface area contributed by atoms with Crippen molar-refractivity contribution in [3.05, 3.63) is 35.1 Å². The molecule has 0 saturated heterocycles. The molecule has 0 aliphatic heterocycles. The minimum absolute atomic E-state index is 0.145. The van der Waals surface area contributed by atoms with Crippen LogP contribution in [0.1, 0.15) is 11.1 Å².